The normalized spacial score (nSPS) is 17.6. The van der Waals surface area contributed by atoms with Crippen LogP contribution in [-0.2, 0) is 6.54 Å². The number of carbonyl (C=O) groups excluding carboxylic acids is 1. The third-order valence-electron chi connectivity index (χ3n) is 4.66. The quantitative estimate of drug-likeness (QED) is 0.906. The van der Waals surface area contributed by atoms with Gasteiger partial charge in [-0.15, -0.1) is 0 Å². The average Bonchev–Trinajstić information content (AvgIpc) is 3.15. The highest BCUT2D eigenvalue weighted by Crippen LogP contribution is 2.24. The summed E-state index contributed by atoms with van der Waals surface area (Å²) in [5, 5.41) is 3.03. The number of urea groups is 1. The highest BCUT2D eigenvalue weighted by molar-refractivity contribution is 5.74. The first-order chi connectivity index (χ1) is 11.7. The van der Waals surface area contributed by atoms with Gasteiger partial charge in [0.15, 0.2) is 0 Å². The zero-order valence-electron chi connectivity index (χ0n) is 14.2. The van der Waals surface area contributed by atoms with Crippen LogP contribution < -0.4 is 10.1 Å². The minimum absolute atomic E-state index is 0.0199. The number of ether oxygens (including phenoxy) is 1. The molecule has 3 rings (SSSR count). The van der Waals surface area contributed by atoms with Gasteiger partial charge in [-0.3, -0.25) is 0 Å². The molecule has 6 nitrogen and oxygen atoms in total. The zero-order valence-corrected chi connectivity index (χ0v) is 14.2. The van der Waals surface area contributed by atoms with Crippen LogP contribution in [0, 0.1) is 6.92 Å². The van der Waals surface area contributed by atoms with Crippen molar-refractivity contribution in [3.8, 4) is 5.75 Å². The van der Waals surface area contributed by atoms with Gasteiger partial charge in [0, 0.05) is 37.9 Å². The van der Waals surface area contributed by atoms with Gasteiger partial charge in [0.2, 0.25) is 0 Å². The summed E-state index contributed by atoms with van der Waals surface area (Å²) in [6.45, 7) is 4.01. The smallest absolute Gasteiger partial charge is 0.317 e. The lowest BCUT2D eigenvalue weighted by Gasteiger charge is -2.32. The second-order valence-electron chi connectivity index (χ2n) is 6.16. The number of likely N-dealkylation sites (tertiary alicyclic amines) is 1. The molecule has 0 bridgehead atoms. The Morgan fingerprint density at radius 1 is 1.50 bits per heavy atom. The molecule has 1 aliphatic rings. The molecule has 2 N–H and O–H groups in total. The maximum atomic E-state index is 12.5. The molecule has 6 heteroatoms. The number of aromatic amines is 1. The molecule has 2 aromatic rings. The molecule has 1 fully saturated rings. The number of rotatable bonds is 4. The van der Waals surface area contributed by atoms with E-state index >= 15 is 0 Å². The van der Waals surface area contributed by atoms with E-state index in [9.17, 15) is 4.79 Å². The van der Waals surface area contributed by atoms with E-state index in [0.717, 1.165) is 42.1 Å². The summed E-state index contributed by atoms with van der Waals surface area (Å²) in [5.74, 6) is 2.10. The number of amides is 2. The van der Waals surface area contributed by atoms with Gasteiger partial charge in [-0.2, -0.15) is 0 Å². The molecule has 2 heterocycles. The number of piperidine rings is 1. The van der Waals surface area contributed by atoms with Crippen LogP contribution in [0.2, 0.25) is 0 Å². The summed E-state index contributed by atoms with van der Waals surface area (Å²) < 4.78 is 5.33. The molecule has 0 saturated carbocycles. The third-order valence-corrected chi connectivity index (χ3v) is 4.66. The lowest BCUT2D eigenvalue weighted by molar-refractivity contribution is 0.178. The molecule has 1 atom stereocenters. The van der Waals surface area contributed by atoms with Crippen molar-refractivity contribution < 1.29 is 9.53 Å². The van der Waals surface area contributed by atoms with Crippen molar-refractivity contribution in [3.63, 3.8) is 0 Å². The number of benzene rings is 1. The van der Waals surface area contributed by atoms with Crippen LogP contribution in [0.15, 0.2) is 30.6 Å². The van der Waals surface area contributed by atoms with Gasteiger partial charge in [0.05, 0.1) is 7.11 Å². The number of methoxy groups -OCH3 is 1. The van der Waals surface area contributed by atoms with Gasteiger partial charge in [0.1, 0.15) is 11.6 Å². The van der Waals surface area contributed by atoms with Crippen molar-refractivity contribution in [1.82, 2.24) is 20.2 Å². The Labute approximate surface area is 142 Å². The van der Waals surface area contributed by atoms with Crippen molar-refractivity contribution >= 4 is 6.03 Å². The van der Waals surface area contributed by atoms with Crippen LogP contribution >= 0.6 is 0 Å². The summed E-state index contributed by atoms with van der Waals surface area (Å²) in [7, 11) is 1.66. The number of hydrogen-bond acceptors (Lipinski definition) is 3. The van der Waals surface area contributed by atoms with Gasteiger partial charge < -0.3 is 19.9 Å². The first kappa shape index (κ1) is 16.4. The molecule has 0 spiro atoms. The Morgan fingerprint density at radius 3 is 3.12 bits per heavy atom. The molecule has 2 amide bonds. The monoisotopic (exact) mass is 328 g/mol. The summed E-state index contributed by atoms with van der Waals surface area (Å²) in [5.41, 5.74) is 2.13. The minimum atomic E-state index is -0.0199. The van der Waals surface area contributed by atoms with Crippen LogP contribution in [-0.4, -0.2) is 41.1 Å². The van der Waals surface area contributed by atoms with E-state index in [1.165, 1.54) is 0 Å². The molecular formula is C18H24N4O2. The van der Waals surface area contributed by atoms with E-state index in [1.54, 1.807) is 13.3 Å². The highest BCUT2D eigenvalue weighted by atomic mass is 16.5. The van der Waals surface area contributed by atoms with Crippen LogP contribution in [0.5, 0.6) is 5.75 Å². The van der Waals surface area contributed by atoms with Gasteiger partial charge in [-0.05, 0) is 37.0 Å². The van der Waals surface area contributed by atoms with Gasteiger partial charge >= 0.3 is 6.03 Å². The number of carbonyl (C=O) groups is 1. The molecule has 1 aromatic carbocycles. The first-order valence-electron chi connectivity index (χ1n) is 8.33. The molecule has 1 unspecified atom stereocenters. The Bertz CT molecular complexity index is 684. The van der Waals surface area contributed by atoms with E-state index in [2.05, 4.69) is 15.3 Å². The van der Waals surface area contributed by atoms with Crippen LogP contribution in [0.25, 0.3) is 0 Å². The van der Waals surface area contributed by atoms with E-state index < -0.39 is 0 Å². The molecule has 24 heavy (non-hydrogen) atoms. The average molecular weight is 328 g/mol. The molecule has 0 radical (unpaired) electrons. The Hall–Kier alpha value is -2.50. The number of nitrogens with one attached hydrogen (secondary N) is 2. The van der Waals surface area contributed by atoms with Crippen LogP contribution in [0.1, 0.15) is 35.7 Å². The maximum Gasteiger partial charge on any atom is 0.317 e. The van der Waals surface area contributed by atoms with Crippen molar-refractivity contribution in [2.75, 3.05) is 20.2 Å². The minimum Gasteiger partial charge on any atom is -0.496 e. The summed E-state index contributed by atoms with van der Waals surface area (Å²) >= 11 is 0. The Kier molecular flexibility index (Phi) is 5.03. The van der Waals surface area contributed by atoms with Crippen LogP contribution in [0.4, 0.5) is 4.79 Å². The van der Waals surface area contributed by atoms with E-state index in [0.29, 0.717) is 13.1 Å². The number of H-pyrrole nitrogens is 1. The third kappa shape index (κ3) is 3.53. The predicted molar refractivity (Wildman–Crippen MR) is 92.1 cm³/mol. The van der Waals surface area contributed by atoms with E-state index in [4.69, 9.17) is 4.74 Å². The fourth-order valence-corrected chi connectivity index (χ4v) is 3.24. The first-order valence-corrected chi connectivity index (χ1v) is 8.33. The number of imidazole rings is 1. The van der Waals surface area contributed by atoms with Gasteiger partial charge in [0.25, 0.3) is 0 Å². The molecule has 1 aromatic heterocycles. The van der Waals surface area contributed by atoms with E-state index in [-0.39, 0.29) is 11.9 Å². The van der Waals surface area contributed by atoms with Crippen molar-refractivity contribution in [2.45, 2.75) is 32.2 Å². The SMILES string of the molecule is COc1cccc(CNC(=O)N2CCCC(c3ncc[nH]3)C2)c1C. The number of aromatic nitrogens is 2. The fourth-order valence-electron chi connectivity index (χ4n) is 3.24. The molecule has 128 valence electrons. The van der Waals surface area contributed by atoms with Crippen molar-refractivity contribution in [1.29, 1.82) is 0 Å². The van der Waals surface area contributed by atoms with Crippen molar-refractivity contribution in [2.24, 2.45) is 0 Å². The van der Waals surface area contributed by atoms with Gasteiger partial charge in [-0.1, -0.05) is 12.1 Å². The summed E-state index contributed by atoms with van der Waals surface area (Å²) in [6, 6.07) is 5.87. The Morgan fingerprint density at radius 2 is 2.38 bits per heavy atom. The topological polar surface area (TPSA) is 70.2 Å². The zero-order chi connectivity index (χ0) is 16.9. The number of nitrogens with zero attached hydrogens (tertiary/aromatic N) is 2. The van der Waals surface area contributed by atoms with Crippen LogP contribution in [0.3, 0.4) is 0 Å². The molecular weight excluding hydrogens is 304 g/mol. The maximum absolute atomic E-state index is 12.5. The lowest BCUT2D eigenvalue weighted by atomic mass is 9.97. The lowest BCUT2D eigenvalue weighted by Crippen LogP contribution is -2.44. The fraction of sp³-hybridized carbons (Fsp3) is 0.444. The second kappa shape index (κ2) is 7.38. The summed E-state index contributed by atoms with van der Waals surface area (Å²) in [6.07, 6.45) is 5.66. The van der Waals surface area contributed by atoms with E-state index in [1.807, 2.05) is 36.2 Å². The Balaban J connectivity index is 1.59. The largest absolute Gasteiger partial charge is 0.496 e. The standard InChI is InChI=1S/C18H24N4O2/c1-13-14(5-3-7-16(13)24-2)11-21-18(23)22-10-4-6-15(12-22)17-19-8-9-20-17/h3,5,7-9,15H,4,6,10-12H2,1-2H3,(H,19,20)(H,21,23). The predicted octanol–water partition coefficient (Wildman–Crippen LogP) is 2.82. The van der Waals surface area contributed by atoms with Gasteiger partial charge in [-0.25, -0.2) is 9.78 Å². The summed E-state index contributed by atoms with van der Waals surface area (Å²) in [4.78, 5) is 21.9. The second-order valence-corrected chi connectivity index (χ2v) is 6.16. The molecule has 1 saturated heterocycles. The van der Waals surface area contributed by atoms with Crippen molar-refractivity contribution in [3.05, 3.63) is 47.5 Å². The highest BCUT2D eigenvalue weighted by Gasteiger charge is 2.26. The number of hydrogen-bond donors (Lipinski definition) is 2. The molecule has 1 aliphatic heterocycles. The molecule has 0 aliphatic carbocycles.